The van der Waals surface area contributed by atoms with Gasteiger partial charge in [-0.25, -0.2) is 0 Å². The van der Waals surface area contributed by atoms with Gasteiger partial charge >= 0.3 is 0 Å². The van der Waals surface area contributed by atoms with E-state index in [1.165, 1.54) is 0 Å². The fourth-order valence-corrected chi connectivity index (χ4v) is 2.85. The molecule has 1 aromatic rings. The maximum absolute atomic E-state index is 12.4. The van der Waals surface area contributed by atoms with Crippen LogP contribution < -0.4 is 5.32 Å². The largest absolute Gasteiger partial charge is 0.394 e. The highest BCUT2D eigenvalue weighted by molar-refractivity contribution is 5.97. The molecule has 0 heterocycles. The van der Waals surface area contributed by atoms with Gasteiger partial charge in [0, 0.05) is 5.56 Å². The molecule has 2 N–H and O–H groups in total. The molecule has 98 valence electrons. The molecule has 0 radical (unpaired) electrons. The Balaban J connectivity index is 2.22. The molecule has 0 aromatic heterocycles. The second kappa shape index (κ2) is 5.11. The molecule has 1 aliphatic carbocycles. The second-order valence-corrected chi connectivity index (χ2v) is 5.37. The fraction of sp³-hybridized carbons (Fsp3) is 0.533. The van der Waals surface area contributed by atoms with E-state index in [2.05, 4.69) is 5.32 Å². The van der Waals surface area contributed by atoms with Crippen molar-refractivity contribution >= 4 is 5.91 Å². The van der Waals surface area contributed by atoms with E-state index in [4.69, 9.17) is 0 Å². The summed E-state index contributed by atoms with van der Waals surface area (Å²) in [5.41, 5.74) is 2.32. The van der Waals surface area contributed by atoms with Crippen molar-refractivity contribution in [3.8, 4) is 0 Å². The van der Waals surface area contributed by atoms with Crippen LogP contribution in [0, 0.1) is 13.8 Å². The van der Waals surface area contributed by atoms with Crippen molar-refractivity contribution in [2.24, 2.45) is 0 Å². The van der Waals surface area contributed by atoms with E-state index in [0.29, 0.717) is 0 Å². The predicted molar refractivity (Wildman–Crippen MR) is 71.7 cm³/mol. The number of rotatable bonds is 3. The van der Waals surface area contributed by atoms with Gasteiger partial charge in [-0.2, -0.15) is 0 Å². The highest BCUT2D eigenvalue weighted by atomic mass is 16.3. The fourth-order valence-electron chi connectivity index (χ4n) is 2.85. The summed E-state index contributed by atoms with van der Waals surface area (Å²) >= 11 is 0. The van der Waals surface area contributed by atoms with Crippen molar-refractivity contribution in [2.75, 3.05) is 6.61 Å². The molecule has 0 saturated heterocycles. The first-order chi connectivity index (χ1) is 8.58. The molecule has 1 fully saturated rings. The van der Waals surface area contributed by atoms with E-state index >= 15 is 0 Å². The van der Waals surface area contributed by atoms with Crippen LogP contribution in [-0.2, 0) is 0 Å². The Morgan fingerprint density at radius 1 is 1.28 bits per heavy atom. The van der Waals surface area contributed by atoms with Crippen molar-refractivity contribution in [1.29, 1.82) is 0 Å². The van der Waals surface area contributed by atoms with Gasteiger partial charge < -0.3 is 10.4 Å². The van der Waals surface area contributed by atoms with Gasteiger partial charge in [-0.3, -0.25) is 4.79 Å². The molecule has 2 rings (SSSR count). The van der Waals surface area contributed by atoms with Gasteiger partial charge in [-0.15, -0.1) is 0 Å². The number of aliphatic hydroxyl groups excluding tert-OH is 1. The van der Waals surface area contributed by atoms with Crippen molar-refractivity contribution in [2.45, 2.75) is 45.1 Å². The average molecular weight is 247 g/mol. The minimum atomic E-state index is -0.397. The molecular weight excluding hydrogens is 226 g/mol. The minimum absolute atomic E-state index is 0.0314. The number of benzene rings is 1. The van der Waals surface area contributed by atoms with Gasteiger partial charge in [0.25, 0.3) is 5.91 Å². The zero-order valence-electron chi connectivity index (χ0n) is 11.1. The monoisotopic (exact) mass is 247 g/mol. The molecule has 3 nitrogen and oxygen atoms in total. The number of aryl methyl sites for hydroxylation is 2. The summed E-state index contributed by atoms with van der Waals surface area (Å²) in [7, 11) is 0. The second-order valence-electron chi connectivity index (χ2n) is 5.37. The molecule has 0 aliphatic heterocycles. The van der Waals surface area contributed by atoms with Crippen LogP contribution in [0.5, 0.6) is 0 Å². The Kier molecular flexibility index (Phi) is 3.71. The Hall–Kier alpha value is -1.35. The molecule has 1 saturated carbocycles. The van der Waals surface area contributed by atoms with E-state index in [1.54, 1.807) is 0 Å². The number of carbonyl (C=O) groups excluding carboxylic acids is 1. The third-order valence-electron chi connectivity index (χ3n) is 3.95. The number of amides is 1. The SMILES string of the molecule is Cc1cccc(C)c1C(=O)NC1(CO)CCCC1. The molecule has 3 heteroatoms. The first kappa shape index (κ1) is 13.1. The molecule has 0 unspecified atom stereocenters. The van der Waals surface area contributed by atoms with Gasteiger partial charge in [0.2, 0.25) is 0 Å². The zero-order chi connectivity index (χ0) is 13.2. The standard InChI is InChI=1S/C15H21NO2/c1-11-6-5-7-12(2)13(11)14(18)16-15(10-17)8-3-4-9-15/h5-7,17H,3-4,8-10H2,1-2H3,(H,16,18). The van der Waals surface area contributed by atoms with E-state index in [1.807, 2.05) is 32.0 Å². The van der Waals surface area contributed by atoms with Gasteiger partial charge in [-0.05, 0) is 37.8 Å². The summed E-state index contributed by atoms with van der Waals surface area (Å²) in [5, 5.41) is 12.6. The van der Waals surface area contributed by atoms with Crippen LogP contribution in [0.15, 0.2) is 18.2 Å². The first-order valence-electron chi connectivity index (χ1n) is 6.58. The van der Waals surface area contributed by atoms with E-state index in [9.17, 15) is 9.90 Å². The Bertz CT molecular complexity index is 428. The van der Waals surface area contributed by atoms with Crippen LogP contribution in [0.25, 0.3) is 0 Å². The third kappa shape index (κ3) is 2.41. The van der Waals surface area contributed by atoms with Gasteiger partial charge in [0.05, 0.1) is 12.1 Å². The van der Waals surface area contributed by atoms with Crippen LogP contribution in [-0.4, -0.2) is 23.2 Å². The Morgan fingerprint density at radius 2 is 1.83 bits per heavy atom. The Morgan fingerprint density at radius 3 is 2.33 bits per heavy atom. The lowest BCUT2D eigenvalue weighted by atomic mass is 9.96. The summed E-state index contributed by atoms with van der Waals surface area (Å²) < 4.78 is 0. The van der Waals surface area contributed by atoms with Crippen LogP contribution >= 0.6 is 0 Å². The summed E-state index contributed by atoms with van der Waals surface area (Å²) in [5.74, 6) is -0.0541. The minimum Gasteiger partial charge on any atom is -0.394 e. The van der Waals surface area contributed by atoms with Crippen LogP contribution in [0.3, 0.4) is 0 Å². The Labute approximate surface area is 108 Å². The van der Waals surface area contributed by atoms with Crippen molar-refractivity contribution < 1.29 is 9.90 Å². The maximum atomic E-state index is 12.4. The van der Waals surface area contributed by atoms with Crippen molar-refractivity contribution in [1.82, 2.24) is 5.32 Å². The van der Waals surface area contributed by atoms with Crippen molar-refractivity contribution in [3.05, 3.63) is 34.9 Å². The topological polar surface area (TPSA) is 49.3 Å². The quantitative estimate of drug-likeness (QED) is 0.861. The van der Waals surface area contributed by atoms with E-state index in [0.717, 1.165) is 42.4 Å². The predicted octanol–water partition coefficient (Wildman–Crippen LogP) is 2.34. The first-order valence-corrected chi connectivity index (χ1v) is 6.58. The molecule has 1 amide bonds. The molecule has 18 heavy (non-hydrogen) atoms. The molecular formula is C15H21NO2. The van der Waals surface area contributed by atoms with Crippen LogP contribution in [0.4, 0.5) is 0 Å². The van der Waals surface area contributed by atoms with Crippen molar-refractivity contribution in [3.63, 3.8) is 0 Å². The van der Waals surface area contributed by atoms with Gasteiger partial charge in [0.1, 0.15) is 0 Å². The highest BCUT2D eigenvalue weighted by Gasteiger charge is 2.35. The van der Waals surface area contributed by atoms with Gasteiger partial charge in [-0.1, -0.05) is 31.0 Å². The highest BCUT2D eigenvalue weighted by Crippen LogP contribution is 2.29. The maximum Gasteiger partial charge on any atom is 0.252 e. The lowest BCUT2D eigenvalue weighted by molar-refractivity contribution is 0.0837. The number of hydrogen-bond donors (Lipinski definition) is 2. The average Bonchev–Trinajstić information content (AvgIpc) is 2.78. The normalized spacial score (nSPS) is 17.7. The summed E-state index contributed by atoms with van der Waals surface area (Å²) in [6.07, 6.45) is 3.90. The number of nitrogens with one attached hydrogen (secondary N) is 1. The molecule has 0 atom stereocenters. The van der Waals surface area contributed by atoms with Crippen LogP contribution in [0.1, 0.15) is 47.2 Å². The molecule has 0 bridgehead atoms. The molecule has 0 spiro atoms. The number of aliphatic hydroxyl groups is 1. The summed E-state index contributed by atoms with van der Waals surface area (Å²) in [6.45, 7) is 3.92. The molecule has 1 aromatic carbocycles. The van der Waals surface area contributed by atoms with E-state index < -0.39 is 5.54 Å². The lowest BCUT2D eigenvalue weighted by Gasteiger charge is -2.28. The zero-order valence-corrected chi connectivity index (χ0v) is 11.1. The van der Waals surface area contributed by atoms with Crippen LogP contribution in [0.2, 0.25) is 0 Å². The lowest BCUT2D eigenvalue weighted by Crippen LogP contribution is -2.49. The van der Waals surface area contributed by atoms with Gasteiger partial charge in [0.15, 0.2) is 0 Å². The smallest absolute Gasteiger partial charge is 0.252 e. The van der Waals surface area contributed by atoms with E-state index in [-0.39, 0.29) is 12.5 Å². The summed E-state index contributed by atoms with van der Waals surface area (Å²) in [6, 6.07) is 5.85. The third-order valence-corrected chi connectivity index (χ3v) is 3.95. The number of carbonyl (C=O) groups is 1. The number of hydrogen-bond acceptors (Lipinski definition) is 2. The summed E-state index contributed by atoms with van der Waals surface area (Å²) in [4.78, 5) is 12.4. The molecule has 1 aliphatic rings.